The van der Waals surface area contributed by atoms with Crippen molar-refractivity contribution in [2.24, 2.45) is 0 Å². The molecule has 0 radical (unpaired) electrons. The molecule has 0 aliphatic heterocycles. The van der Waals surface area contributed by atoms with Gasteiger partial charge in [0.2, 0.25) is 0 Å². The summed E-state index contributed by atoms with van der Waals surface area (Å²) < 4.78 is 7.53. The third-order valence-corrected chi connectivity index (χ3v) is 3.13. The van der Waals surface area contributed by atoms with Gasteiger partial charge in [0.25, 0.3) is 0 Å². The third-order valence-electron chi connectivity index (χ3n) is 3.13. The van der Waals surface area contributed by atoms with Crippen LogP contribution >= 0.6 is 0 Å². The Kier molecular flexibility index (Phi) is 3.34. The summed E-state index contributed by atoms with van der Waals surface area (Å²) in [6.45, 7) is 1.92. The first-order valence-electron chi connectivity index (χ1n) is 6.66. The number of aromatic nitrogens is 4. The van der Waals surface area contributed by atoms with Crippen LogP contribution in [0.15, 0.2) is 36.7 Å². The number of nitrogen functional groups attached to an aromatic ring is 1. The Hall–Kier alpha value is -3.16. The average molecular weight is 298 g/mol. The van der Waals surface area contributed by atoms with Crippen LogP contribution in [-0.4, -0.2) is 32.0 Å². The standard InChI is InChI=1S/C14H14N6O2/c1-2-22-14(21)11-10-12(15)19(16)8-17-13(10)20(18-11)9-6-4-3-5-7-9/h3-8,15H,2,16H2,1H3. The lowest BCUT2D eigenvalue weighted by atomic mass is 10.3. The highest BCUT2D eigenvalue weighted by Gasteiger charge is 2.22. The highest BCUT2D eigenvalue weighted by Crippen LogP contribution is 2.18. The van der Waals surface area contributed by atoms with Crippen molar-refractivity contribution in [1.29, 1.82) is 5.41 Å². The van der Waals surface area contributed by atoms with Crippen molar-refractivity contribution < 1.29 is 9.53 Å². The molecule has 0 bridgehead atoms. The van der Waals surface area contributed by atoms with Gasteiger partial charge in [0.15, 0.2) is 16.8 Å². The predicted molar refractivity (Wildman–Crippen MR) is 78.8 cm³/mol. The first kappa shape index (κ1) is 13.8. The number of para-hydroxylation sites is 1. The normalized spacial score (nSPS) is 10.8. The predicted octanol–water partition coefficient (Wildman–Crippen LogP) is 0.592. The van der Waals surface area contributed by atoms with E-state index in [4.69, 9.17) is 16.0 Å². The van der Waals surface area contributed by atoms with Crippen molar-refractivity contribution in [2.45, 2.75) is 6.92 Å². The Labute approximate surface area is 125 Å². The van der Waals surface area contributed by atoms with Gasteiger partial charge in [-0.1, -0.05) is 18.2 Å². The maximum atomic E-state index is 12.1. The lowest BCUT2D eigenvalue weighted by Gasteiger charge is -2.02. The number of nitrogens with one attached hydrogen (secondary N) is 1. The molecule has 22 heavy (non-hydrogen) atoms. The number of carbonyl (C=O) groups excluding carboxylic acids is 1. The summed E-state index contributed by atoms with van der Waals surface area (Å²) in [7, 11) is 0. The van der Waals surface area contributed by atoms with E-state index in [1.165, 1.54) is 11.0 Å². The van der Waals surface area contributed by atoms with Crippen molar-refractivity contribution in [3.63, 3.8) is 0 Å². The SMILES string of the molecule is CCOC(=O)c1nn(-c2ccccc2)c2ncn(N)c(=N)c12. The first-order chi connectivity index (χ1) is 10.6. The van der Waals surface area contributed by atoms with Crippen LogP contribution < -0.4 is 11.3 Å². The summed E-state index contributed by atoms with van der Waals surface area (Å²) in [6, 6.07) is 9.23. The van der Waals surface area contributed by atoms with E-state index in [0.29, 0.717) is 5.65 Å². The summed E-state index contributed by atoms with van der Waals surface area (Å²) in [5.41, 5.74) is 1.07. The molecule has 0 spiro atoms. The van der Waals surface area contributed by atoms with E-state index in [2.05, 4.69) is 10.1 Å². The van der Waals surface area contributed by atoms with Gasteiger partial charge in [0, 0.05) is 0 Å². The number of nitrogens with zero attached hydrogens (tertiary/aromatic N) is 4. The largest absolute Gasteiger partial charge is 0.461 e. The molecular formula is C14H14N6O2. The molecule has 2 aromatic heterocycles. The summed E-state index contributed by atoms with van der Waals surface area (Å²) in [5, 5.41) is 12.6. The van der Waals surface area contributed by atoms with Crippen molar-refractivity contribution in [3.8, 4) is 5.69 Å². The topological polar surface area (TPSA) is 112 Å². The highest BCUT2D eigenvalue weighted by molar-refractivity contribution is 6.01. The van der Waals surface area contributed by atoms with Crippen LogP contribution in [0.5, 0.6) is 0 Å². The smallest absolute Gasteiger partial charge is 0.359 e. The number of fused-ring (bicyclic) bond motifs is 1. The summed E-state index contributed by atoms with van der Waals surface area (Å²) >= 11 is 0. The maximum absolute atomic E-state index is 12.1. The van der Waals surface area contributed by atoms with Gasteiger partial charge in [-0.05, 0) is 19.1 Å². The van der Waals surface area contributed by atoms with Crippen LogP contribution in [-0.2, 0) is 4.74 Å². The van der Waals surface area contributed by atoms with Crippen molar-refractivity contribution >= 4 is 17.0 Å². The van der Waals surface area contributed by atoms with Gasteiger partial charge >= 0.3 is 5.97 Å². The fourth-order valence-corrected chi connectivity index (χ4v) is 2.14. The lowest BCUT2D eigenvalue weighted by Crippen LogP contribution is -2.28. The van der Waals surface area contributed by atoms with Crippen LogP contribution in [0.3, 0.4) is 0 Å². The molecule has 0 atom stereocenters. The van der Waals surface area contributed by atoms with Crippen molar-refractivity contribution in [1.82, 2.24) is 19.4 Å². The number of carbonyl (C=O) groups is 1. The van der Waals surface area contributed by atoms with Crippen LogP contribution in [0.2, 0.25) is 0 Å². The molecule has 3 N–H and O–H groups in total. The summed E-state index contributed by atoms with van der Waals surface area (Å²) in [6.07, 6.45) is 1.31. The second-order valence-electron chi connectivity index (χ2n) is 4.52. The van der Waals surface area contributed by atoms with E-state index in [9.17, 15) is 4.79 Å². The van der Waals surface area contributed by atoms with Gasteiger partial charge < -0.3 is 10.6 Å². The van der Waals surface area contributed by atoms with Crippen LogP contribution in [0, 0.1) is 5.41 Å². The van der Waals surface area contributed by atoms with E-state index in [-0.39, 0.29) is 23.2 Å². The van der Waals surface area contributed by atoms with E-state index in [1.54, 1.807) is 6.92 Å². The van der Waals surface area contributed by atoms with Crippen LogP contribution in [0.25, 0.3) is 16.7 Å². The van der Waals surface area contributed by atoms with E-state index in [0.717, 1.165) is 10.4 Å². The molecule has 0 saturated heterocycles. The quantitative estimate of drug-likeness (QED) is 0.543. The van der Waals surface area contributed by atoms with Crippen LogP contribution in [0.1, 0.15) is 17.4 Å². The Morgan fingerprint density at radius 3 is 2.77 bits per heavy atom. The zero-order chi connectivity index (χ0) is 15.7. The molecule has 2 heterocycles. The molecule has 0 fully saturated rings. The number of esters is 1. The fourth-order valence-electron chi connectivity index (χ4n) is 2.14. The zero-order valence-electron chi connectivity index (χ0n) is 11.9. The molecule has 112 valence electrons. The van der Waals surface area contributed by atoms with Gasteiger partial charge in [-0.3, -0.25) is 5.41 Å². The minimum atomic E-state index is -0.608. The van der Waals surface area contributed by atoms with Gasteiger partial charge in [0.05, 0.1) is 17.7 Å². The van der Waals surface area contributed by atoms with E-state index >= 15 is 0 Å². The monoisotopic (exact) mass is 298 g/mol. The molecule has 1 aromatic carbocycles. The average Bonchev–Trinajstić information content (AvgIpc) is 2.92. The second-order valence-corrected chi connectivity index (χ2v) is 4.52. The second kappa shape index (κ2) is 5.32. The number of benzene rings is 1. The number of nitrogens with two attached hydrogens (primary N) is 1. The van der Waals surface area contributed by atoms with Gasteiger partial charge in [0.1, 0.15) is 6.33 Å². The zero-order valence-corrected chi connectivity index (χ0v) is 11.9. The van der Waals surface area contributed by atoms with E-state index < -0.39 is 5.97 Å². The van der Waals surface area contributed by atoms with E-state index in [1.807, 2.05) is 30.3 Å². The molecule has 0 aliphatic carbocycles. The molecule has 0 amide bonds. The lowest BCUT2D eigenvalue weighted by molar-refractivity contribution is 0.0521. The molecule has 3 rings (SSSR count). The Morgan fingerprint density at radius 1 is 1.36 bits per heavy atom. The minimum Gasteiger partial charge on any atom is -0.461 e. The molecule has 0 saturated carbocycles. The minimum absolute atomic E-state index is 0.0259. The molecule has 8 nitrogen and oxygen atoms in total. The molecule has 8 heteroatoms. The number of rotatable bonds is 3. The number of hydrogen-bond acceptors (Lipinski definition) is 6. The summed E-state index contributed by atoms with van der Waals surface area (Å²) in [4.78, 5) is 16.3. The van der Waals surface area contributed by atoms with Crippen molar-refractivity contribution in [2.75, 3.05) is 12.4 Å². The number of ether oxygens (including phenoxy) is 1. The molecule has 0 aliphatic rings. The fraction of sp³-hybridized carbons (Fsp3) is 0.143. The summed E-state index contributed by atoms with van der Waals surface area (Å²) in [5.74, 6) is 5.05. The third kappa shape index (κ3) is 2.10. The molecular weight excluding hydrogens is 284 g/mol. The highest BCUT2D eigenvalue weighted by atomic mass is 16.5. The van der Waals surface area contributed by atoms with Gasteiger partial charge in [-0.15, -0.1) is 0 Å². The van der Waals surface area contributed by atoms with Gasteiger partial charge in [-0.25, -0.2) is 19.1 Å². The maximum Gasteiger partial charge on any atom is 0.359 e. The molecule has 0 unspecified atom stereocenters. The Bertz CT molecular complexity index is 897. The first-order valence-corrected chi connectivity index (χ1v) is 6.66. The van der Waals surface area contributed by atoms with Gasteiger partial charge in [-0.2, -0.15) is 5.10 Å². The number of hydrogen-bond donors (Lipinski definition) is 2. The Balaban J connectivity index is 2.34. The van der Waals surface area contributed by atoms with Crippen LogP contribution in [0.4, 0.5) is 0 Å². The van der Waals surface area contributed by atoms with Crippen molar-refractivity contribution in [3.05, 3.63) is 47.8 Å². The Morgan fingerprint density at radius 2 is 2.09 bits per heavy atom. The molecule has 3 aromatic rings.